The molecule has 0 radical (unpaired) electrons. The molecule has 3 aliphatic heterocycles. The number of nitrogens with zero attached hydrogens (tertiary/aromatic N) is 1. The number of aliphatic carboxylic acids is 1. The van der Waals surface area contributed by atoms with E-state index in [4.69, 9.17) is 4.74 Å². The lowest BCUT2D eigenvalue weighted by Crippen LogP contribution is -2.39. The topological polar surface area (TPSA) is 66.8 Å². The van der Waals surface area contributed by atoms with Gasteiger partial charge in [0, 0.05) is 6.54 Å². The molecule has 22 heavy (non-hydrogen) atoms. The van der Waals surface area contributed by atoms with Gasteiger partial charge in [0.05, 0.1) is 18.6 Å². The van der Waals surface area contributed by atoms with Crippen molar-refractivity contribution in [2.24, 2.45) is 11.8 Å². The fourth-order valence-electron chi connectivity index (χ4n) is 3.91. The van der Waals surface area contributed by atoms with Crippen LogP contribution in [0.1, 0.15) is 11.1 Å². The SMILES string of the molecule is Cc1ccc(CN2C[C@]34C=C[C@@H](O3)[C@@H](C(=O)O)[C@@H]4C2=O)cc1. The second-order valence-corrected chi connectivity index (χ2v) is 6.42. The molecule has 2 bridgehead atoms. The number of carbonyl (C=O) groups is 2. The zero-order chi connectivity index (χ0) is 15.5. The van der Waals surface area contributed by atoms with Crippen molar-refractivity contribution >= 4 is 11.9 Å². The van der Waals surface area contributed by atoms with Crippen LogP contribution in [-0.2, 0) is 20.9 Å². The van der Waals surface area contributed by atoms with Crippen LogP contribution in [-0.4, -0.2) is 40.1 Å². The summed E-state index contributed by atoms with van der Waals surface area (Å²) in [6.07, 6.45) is 3.21. The minimum atomic E-state index is -0.952. The first-order valence-corrected chi connectivity index (χ1v) is 7.44. The monoisotopic (exact) mass is 299 g/mol. The summed E-state index contributed by atoms with van der Waals surface area (Å²) in [6.45, 7) is 2.94. The molecule has 4 atom stereocenters. The number of aryl methyl sites for hydroxylation is 1. The third-order valence-electron chi connectivity index (χ3n) is 4.96. The molecule has 0 aromatic heterocycles. The summed E-state index contributed by atoms with van der Waals surface area (Å²) >= 11 is 0. The van der Waals surface area contributed by atoms with Crippen molar-refractivity contribution in [1.82, 2.24) is 4.90 Å². The fraction of sp³-hybridized carbons (Fsp3) is 0.412. The van der Waals surface area contributed by atoms with Gasteiger partial charge >= 0.3 is 5.97 Å². The van der Waals surface area contributed by atoms with Gasteiger partial charge in [-0.05, 0) is 12.5 Å². The summed E-state index contributed by atoms with van der Waals surface area (Å²) in [7, 11) is 0. The van der Waals surface area contributed by atoms with Crippen molar-refractivity contribution in [2.75, 3.05) is 6.54 Å². The predicted molar refractivity (Wildman–Crippen MR) is 78.0 cm³/mol. The smallest absolute Gasteiger partial charge is 0.310 e. The molecule has 5 nitrogen and oxygen atoms in total. The van der Waals surface area contributed by atoms with Crippen molar-refractivity contribution < 1.29 is 19.4 Å². The molecule has 1 amide bonds. The zero-order valence-corrected chi connectivity index (χ0v) is 12.2. The van der Waals surface area contributed by atoms with Crippen molar-refractivity contribution in [3.63, 3.8) is 0 Å². The fourth-order valence-corrected chi connectivity index (χ4v) is 3.91. The van der Waals surface area contributed by atoms with E-state index in [2.05, 4.69) is 0 Å². The first-order chi connectivity index (χ1) is 10.5. The van der Waals surface area contributed by atoms with Crippen LogP contribution < -0.4 is 0 Å². The van der Waals surface area contributed by atoms with Crippen LogP contribution in [0.15, 0.2) is 36.4 Å². The molecular weight excluding hydrogens is 282 g/mol. The lowest BCUT2D eigenvalue weighted by molar-refractivity contribution is -0.148. The maximum atomic E-state index is 12.7. The zero-order valence-electron chi connectivity index (χ0n) is 12.2. The second kappa shape index (κ2) is 4.43. The lowest BCUT2D eigenvalue weighted by Gasteiger charge is -2.21. The third-order valence-corrected chi connectivity index (χ3v) is 4.96. The summed E-state index contributed by atoms with van der Waals surface area (Å²) in [6, 6.07) is 8.02. The molecule has 2 saturated heterocycles. The number of hydrogen-bond donors (Lipinski definition) is 1. The summed E-state index contributed by atoms with van der Waals surface area (Å²) in [5.41, 5.74) is 1.47. The number of carboxylic acids is 1. The molecule has 1 N–H and O–H groups in total. The number of fused-ring (bicyclic) bond motifs is 1. The van der Waals surface area contributed by atoms with E-state index in [1.807, 2.05) is 37.3 Å². The Kier molecular flexibility index (Phi) is 2.72. The molecule has 4 rings (SSSR count). The number of rotatable bonds is 3. The average molecular weight is 299 g/mol. The second-order valence-electron chi connectivity index (χ2n) is 6.42. The Morgan fingerprint density at radius 3 is 2.82 bits per heavy atom. The Bertz CT molecular complexity index is 680. The minimum absolute atomic E-state index is 0.111. The number of carboxylic acid groups (broad SMARTS) is 1. The number of ether oxygens (including phenoxy) is 1. The maximum absolute atomic E-state index is 12.7. The van der Waals surface area contributed by atoms with Crippen LogP contribution in [0.5, 0.6) is 0 Å². The minimum Gasteiger partial charge on any atom is -0.481 e. The van der Waals surface area contributed by atoms with Gasteiger partial charge in [0.15, 0.2) is 0 Å². The van der Waals surface area contributed by atoms with Crippen LogP contribution in [0.2, 0.25) is 0 Å². The van der Waals surface area contributed by atoms with Gasteiger partial charge in [-0.1, -0.05) is 42.0 Å². The molecule has 0 saturated carbocycles. The number of hydrogen-bond acceptors (Lipinski definition) is 3. The van der Waals surface area contributed by atoms with E-state index in [0.29, 0.717) is 13.1 Å². The lowest BCUT2D eigenvalue weighted by atomic mass is 9.77. The van der Waals surface area contributed by atoms with Gasteiger partial charge in [0.25, 0.3) is 0 Å². The van der Waals surface area contributed by atoms with E-state index >= 15 is 0 Å². The highest BCUT2D eigenvalue weighted by Crippen LogP contribution is 2.52. The summed E-state index contributed by atoms with van der Waals surface area (Å²) in [5, 5.41) is 9.42. The number of amides is 1. The molecule has 5 heteroatoms. The molecular formula is C17H17NO4. The van der Waals surface area contributed by atoms with Gasteiger partial charge in [-0.2, -0.15) is 0 Å². The Morgan fingerprint density at radius 2 is 2.14 bits per heavy atom. The summed E-state index contributed by atoms with van der Waals surface area (Å²) in [5.74, 6) is -2.42. The van der Waals surface area contributed by atoms with E-state index in [1.165, 1.54) is 5.56 Å². The van der Waals surface area contributed by atoms with Gasteiger partial charge in [0.1, 0.15) is 11.5 Å². The number of likely N-dealkylation sites (tertiary alicyclic amines) is 1. The molecule has 2 fully saturated rings. The first-order valence-electron chi connectivity index (χ1n) is 7.44. The van der Waals surface area contributed by atoms with Gasteiger partial charge in [-0.25, -0.2) is 0 Å². The Balaban J connectivity index is 1.61. The third kappa shape index (κ3) is 1.75. The van der Waals surface area contributed by atoms with E-state index in [1.54, 1.807) is 11.0 Å². The number of carbonyl (C=O) groups excluding carboxylic acids is 1. The van der Waals surface area contributed by atoms with E-state index in [-0.39, 0.29) is 5.91 Å². The van der Waals surface area contributed by atoms with Gasteiger partial charge < -0.3 is 14.7 Å². The van der Waals surface area contributed by atoms with E-state index in [0.717, 1.165) is 5.56 Å². The quantitative estimate of drug-likeness (QED) is 0.856. The van der Waals surface area contributed by atoms with Crippen LogP contribution in [0.25, 0.3) is 0 Å². The van der Waals surface area contributed by atoms with Crippen LogP contribution in [0, 0.1) is 18.8 Å². The molecule has 3 aliphatic rings. The van der Waals surface area contributed by atoms with Gasteiger partial charge in [-0.15, -0.1) is 0 Å². The highest BCUT2D eigenvalue weighted by Gasteiger charge is 2.66. The average Bonchev–Trinajstić information content (AvgIpc) is 3.10. The van der Waals surface area contributed by atoms with Gasteiger partial charge in [-0.3, -0.25) is 9.59 Å². The summed E-state index contributed by atoms with van der Waals surface area (Å²) < 4.78 is 5.86. The van der Waals surface area contributed by atoms with E-state index in [9.17, 15) is 14.7 Å². The van der Waals surface area contributed by atoms with Crippen LogP contribution in [0.3, 0.4) is 0 Å². The van der Waals surface area contributed by atoms with Crippen molar-refractivity contribution in [1.29, 1.82) is 0 Å². The molecule has 1 spiro atoms. The van der Waals surface area contributed by atoms with Crippen LogP contribution >= 0.6 is 0 Å². The van der Waals surface area contributed by atoms with E-state index < -0.39 is 29.5 Å². The highest BCUT2D eigenvalue weighted by molar-refractivity contribution is 5.90. The molecule has 1 aromatic carbocycles. The highest BCUT2D eigenvalue weighted by atomic mass is 16.5. The molecule has 114 valence electrons. The van der Waals surface area contributed by atoms with Crippen LogP contribution in [0.4, 0.5) is 0 Å². The number of benzene rings is 1. The molecule has 0 unspecified atom stereocenters. The first kappa shape index (κ1) is 13.5. The normalized spacial score (nSPS) is 35.2. The largest absolute Gasteiger partial charge is 0.481 e. The standard InChI is InChI=1S/C17H17NO4/c1-10-2-4-11(5-3-10)8-18-9-17-7-6-12(22-17)13(16(20)21)14(17)15(18)19/h2-7,12-14H,8-9H2,1H3,(H,20,21)/t12-,13-,14-,17+/m1/s1. The predicted octanol–water partition coefficient (Wildman–Crippen LogP) is 1.36. The van der Waals surface area contributed by atoms with Crippen molar-refractivity contribution in [3.05, 3.63) is 47.5 Å². The van der Waals surface area contributed by atoms with Gasteiger partial charge in [0.2, 0.25) is 5.91 Å². The molecule has 0 aliphatic carbocycles. The van der Waals surface area contributed by atoms with Crippen molar-refractivity contribution in [2.45, 2.75) is 25.2 Å². The molecule has 1 aromatic rings. The summed E-state index contributed by atoms with van der Waals surface area (Å²) in [4.78, 5) is 25.9. The van der Waals surface area contributed by atoms with Crippen molar-refractivity contribution in [3.8, 4) is 0 Å². The Hall–Kier alpha value is -2.14. The maximum Gasteiger partial charge on any atom is 0.310 e. The molecule has 3 heterocycles. The Morgan fingerprint density at radius 1 is 1.41 bits per heavy atom. The Labute approximate surface area is 128 Å².